The van der Waals surface area contributed by atoms with Gasteiger partial charge in [0.1, 0.15) is 26.2 Å². The Bertz CT molecular complexity index is 159. The third-order valence-electron chi connectivity index (χ3n) is 2.11. The molecule has 0 aromatic carbocycles. The predicted octanol–water partition coefficient (Wildman–Crippen LogP) is -0.284. The first-order valence-corrected chi connectivity index (χ1v) is 4.50. The lowest BCUT2D eigenvalue weighted by Gasteiger charge is -2.20. The van der Waals surface area contributed by atoms with E-state index in [1.807, 2.05) is 0 Å². The van der Waals surface area contributed by atoms with Crippen molar-refractivity contribution in [1.82, 2.24) is 0 Å². The highest BCUT2D eigenvalue weighted by molar-refractivity contribution is 7.09. The van der Waals surface area contributed by atoms with E-state index in [4.69, 9.17) is 26.6 Å². The molecule has 74 valence electrons. The van der Waals surface area contributed by atoms with Crippen LogP contribution < -0.4 is 0 Å². The molecule has 6 heteroatoms. The Labute approximate surface area is 81.9 Å². The van der Waals surface area contributed by atoms with Crippen molar-refractivity contribution in [3.63, 3.8) is 0 Å². The maximum absolute atomic E-state index is 5.68. The van der Waals surface area contributed by atoms with Crippen molar-refractivity contribution in [1.29, 1.82) is 0 Å². The van der Waals surface area contributed by atoms with Crippen molar-refractivity contribution < 1.29 is 18.7 Å². The van der Waals surface area contributed by atoms with Gasteiger partial charge in [-0.05, 0) is 0 Å². The SMILES string of the molecule is [B]C1OC(COC)C(OC)C1OP. The van der Waals surface area contributed by atoms with E-state index in [-0.39, 0.29) is 18.3 Å². The molecule has 0 bridgehead atoms. The van der Waals surface area contributed by atoms with Crippen molar-refractivity contribution in [2.24, 2.45) is 0 Å². The molecule has 0 aromatic rings. The minimum atomic E-state index is -0.456. The van der Waals surface area contributed by atoms with Crippen LogP contribution in [0.5, 0.6) is 0 Å². The first-order chi connectivity index (χ1) is 6.24. The van der Waals surface area contributed by atoms with E-state index in [1.165, 1.54) is 0 Å². The zero-order valence-corrected chi connectivity index (χ0v) is 8.96. The van der Waals surface area contributed by atoms with Gasteiger partial charge in [-0.2, -0.15) is 0 Å². The van der Waals surface area contributed by atoms with E-state index < -0.39 is 6.00 Å². The third kappa shape index (κ3) is 2.42. The van der Waals surface area contributed by atoms with E-state index in [1.54, 1.807) is 14.2 Å². The average Bonchev–Trinajstić information content (AvgIpc) is 2.41. The van der Waals surface area contributed by atoms with Gasteiger partial charge in [-0.25, -0.2) is 0 Å². The zero-order chi connectivity index (χ0) is 9.84. The largest absolute Gasteiger partial charge is 0.382 e. The quantitative estimate of drug-likeness (QED) is 0.466. The van der Waals surface area contributed by atoms with E-state index in [2.05, 4.69) is 9.47 Å². The van der Waals surface area contributed by atoms with Crippen LogP contribution in [0.1, 0.15) is 0 Å². The molecule has 1 aliphatic rings. The van der Waals surface area contributed by atoms with Crippen LogP contribution in [0.3, 0.4) is 0 Å². The van der Waals surface area contributed by atoms with Crippen LogP contribution in [-0.4, -0.2) is 53.0 Å². The number of ether oxygens (including phenoxy) is 3. The van der Waals surface area contributed by atoms with Crippen molar-refractivity contribution in [2.75, 3.05) is 20.8 Å². The van der Waals surface area contributed by atoms with Gasteiger partial charge in [-0.15, -0.1) is 0 Å². The second-order valence-electron chi connectivity index (χ2n) is 2.90. The first-order valence-electron chi connectivity index (χ1n) is 4.03. The molecule has 1 rings (SSSR count). The van der Waals surface area contributed by atoms with Crippen molar-refractivity contribution in [3.8, 4) is 0 Å². The molecule has 0 aliphatic carbocycles. The smallest absolute Gasteiger partial charge is 0.114 e. The van der Waals surface area contributed by atoms with Crippen LogP contribution in [0, 0.1) is 0 Å². The van der Waals surface area contributed by atoms with Gasteiger partial charge in [-0.3, -0.25) is 0 Å². The molecule has 5 unspecified atom stereocenters. The summed E-state index contributed by atoms with van der Waals surface area (Å²) in [7, 11) is 11.1. The van der Waals surface area contributed by atoms with Gasteiger partial charge < -0.3 is 18.7 Å². The fraction of sp³-hybridized carbons (Fsp3) is 1.00. The molecule has 4 nitrogen and oxygen atoms in total. The summed E-state index contributed by atoms with van der Waals surface area (Å²) in [6, 6.07) is -0.456. The monoisotopic (exact) mass is 204 g/mol. The Morgan fingerprint density at radius 2 is 2.08 bits per heavy atom. The summed E-state index contributed by atoms with van der Waals surface area (Å²) in [5.74, 6) is 0. The molecule has 2 radical (unpaired) electrons. The maximum Gasteiger partial charge on any atom is 0.114 e. The molecular weight excluding hydrogens is 190 g/mol. The third-order valence-corrected chi connectivity index (χ3v) is 2.42. The number of rotatable bonds is 4. The van der Waals surface area contributed by atoms with Gasteiger partial charge in [0.25, 0.3) is 0 Å². The summed E-state index contributed by atoms with van der Waals surface area (Å²) in [5.41, 5.74) is 0. The van der Waals surface area contributed by atoms with Crippen molar-refractivity contribution >= 4 is 17.3 Å². The summed E-state index contributed by atoms with van der Waals surface area (Å²) < 4.78 is 20.7. The van der Waals surface area contributed by atoms with E-state index >= 15 is 0 Å². The lowest BCUT2D eigenvalue weighted by molar-refractivity contribution is -0.0372. The Morgan fingerprint density at radius 1 is 1.38 bits per heavy atom. The molecule has 1 saturated heterocycles. The predicted molar refractivity (Wildman–Crippen MR) is 51.7 cm³/mol. The lowest BCUT2D eigenvalue weighted by Crippen LogP contribution is -2.36. The Kier molecular flexibility index (Phi) is 4.63. The average molecular weight is 204 g/mol. The van der Waals surface area contributed by atoms with Crippen molar-refractivity contribution in [3.05, 3.63) is 0 Å². The van der Waals surface area contributed by atoms with Gasteiger partial charge in [0.15, 0.2) is 0 Å². The Hall–Kier alpha value is 0.335. The molecule has 0 saturated carbocycles. The zero-order valence-electron chi connectivity index (χ0n) is 7.80. The summed E-state index contributed by atoms with van der Waals surface area (Å²) in [6.45, 7) is 0.455. The molecule has 0 spiro atoms. The number of hydrogen-bond acceptors (Lipinski definition) is 4. The minimum absolute atomic E-state index is 0.157. The Balaban J connectivity index is 2.57. The van der Waals surface area contributed by atoms with Gasteiger partial charge in [-0.1, -0.05) is 0 Å². The van der Waals surface area contributed by atoms with Gasteiger partial charge >= 0.3 is 0 Å². The van der Waals surface area contributed by atoms with Crippen LogP contribution in [-0.2, 0) is 18.7 Å². The standard InChI is InChI=1S/C7H14BO4P/c1-9-3-4-5(10-2)6(12-13)7(8)11-4/h4-7H,3,13H2,1-2H3. The molecular formula is C7H14BO4P. The van der Waals surface area contributed by atoms with Gasteiger partial charge in [0.05, 0.1) is 6.61 Å². The highest BCUT2D eigenvalue weighted by Gasteiger charge is 2.42. The second kappa shape index (κ2) is 5.27. The highest BCUT2D eigenvalue weighted by Crippen LogP contribution is 2.26. The van der Waals surface area contributed by atoms with Gasteiger partial charge in [0, 0.05) is 29.7 Å². The number of methoxy groups -OCH3 is 2. The maximum atomic E-state index is 5.68. The first kappa shape index (κ1) is 11.4. The molecule has 0 amide bonds. The summed E-state index contributed by atoms with van der Waals surface area (Å²) >= 11 is 0. The van der Waals surface area contributed by atoms with Crippen LogP contribution in [0.25, 0.3) is 0 Å². The topological polar surface area (TPSA) is 36.9 Å². The number of hydrogen-bond donors (Lipinski definition) is 0. The van der Waals surface area contributed by atoms with Crippen LogP contribution >= 0.6 is 9.47 Å². The Morgan fingerprint density at radius 3 is 2.54 bits per heavy atom. The van der Waals surface area contributed by atoms with E-state index in [0.717, 1.165) is 0 Å². The highest BCUT2D eigenvalue weighted by atomic mass is 31.0. The van der Waals surface area contributed by atoms with Crippen LogP contribution in [0.15, 0.2) is 0 Å². The molecule has 1 aliphatic heterocycles. The fourth-order valence-electron chi connectivity index (χ4n) is 1.49. The molecule has 5 atom stereocenters. The van der Waals surface area contributed by atoms with Crippen LogP contribution in [0.4, 0.5) is 0 Å². The molecule has 13 heavy (non-hydrogen) atoms. The summed E-state index contributed by atoms with van der Waals surface area (Å²) in [6.07, 6.45) is -0.585. The van der Waals surface area contributed by atoms with E-state index in [0.29, 0.717) is 6.61 Å². The minimum Gasteiger partial charge on any atom is -0.382 e. The second-order valence-corrected chi connectivity index (χ2v) is 3.17. The fourth-order valence-corrected chi connectivity index (χ4v) is 1.80. The summed E-state index contributed by atoms with van der Waals surface area (Å²) in [4.78, 5) is 0. The lowest BCUT2D eigenvalue weighted by atomic mass is 9.93. The van der Waals surface area contributed by atoms with Gasteiger partial charge in [0.2, 0.25) is 0 Å². The molecule has 0 N–H and O–H groups in total. The molecule has 1 fully saturated rings. The van der Waals surface area contributed by atoms with Crippen molar-refractivity contribution in [2.45, 2.75) is 24.3 Å². The molecule has 0 aromatic heterocycles. The summed E-state index contributed by atoms with van der Waals surface area (Å²) in [5, 5.41) is 0. The normalized spacial score (nSPS) is 39.6. The van der Waals surface area contributed by atoms with E-state index in [9.17, 15) is 0 Å². The van der Waals surface area contributed by atoms with Crippen LogP contribution in [0.2, 0.25) is 0 Å². The molecule has 1 heterocycles.